The number of rotatable bonds is 8. The third kappa shape index (κ3) is 6.00. The summed E-state index contributed by atoms with van der Waals surface area (Å²) in [7, 11) is 0. The van der Waals surface area contributed by atoms with Gasteiger partial charge in [-0.3, -0.25) is 0 Å². The standard InChI is InChI=1S/C55H40N2/c1-7-21-41(22-8-1)45-29-19-35-49(37-45)56-53-39-51(43-25-11-3-12-26-43)52(44-27-13-4-14-28-44)40-54(53)57(50-36-20-30-46(38-50)42-23-9-2-10-24-42)55(56,47-31-15-5-16-32-47)48-33-17-6-18-34-48/h1-40H. The van der Waals surface area contributed by atoms with Crippen LogP contribution in [0.3, 0.4) is 0 Å². The molecule has 2 nitrogen and oxygen atoms in total. The predicted molar refractivity (Wildman–Crippen MR) is 239 cm³/mol. The van der Waals surface area contributed by atoms with E-state index in [1.54, 1.807) is 0 Å². The Balaban J connectivity index is 1.36. The predicted octanol–water partition coefficient (Wildman–Crippen LogP) is 14.5. The van der Waals surface area contributed by atoms with Crippen molar-refractivity contribution in [3.05, 3.63) is 254 Å². The summed E-state index contributed by atoms with van der Waals surface area (Å²) in [5, 5.41) is 0. The number of hydrogen-bond acceptors (Lipinski definition) is 2. The highest BCUT2D eigenvalue weighted by Crippen LogP contribution is 2.61. The molecular weight excluding hydrogens is 689 g/mol. The Labute approximate surface area is 335 Å². The van der Waals surface area contributed by atoms with Gasteiger partial charge in [0.2, 0.25) is 0 Å². The minimum Gasteiger partial charge on any atom is -0.308 e. The molecule has 0 N–H and O–H groups in total. The second-order valence-electron chi connectivity index (χ2n) is 14.5. The third-order valence-corrected chi connectivity index (χ3v) is 11.2. The lowest BCUT2D eigenvalue weighted by Crippen LogP contribution is -2.51. The van der Waals surface area contributed by atoms with Crippen LogP contribution < -0.4 is 9.80 Å². The first-order valence-corrected chi connectivity index (χ1v) is 19.6. The lowest BCUT2D eigenvalue weighted by Gasteiger charge is -2.47. The second-order valence-corrected chi connectivity index (χ2v) is 14.5. The van der Waals surface area contributed by atoms with Crippen molar-refractivity contribution in [2.75, 3.05) is 9.80 Å². The Bertz CT molecular complexity index is 2570. The minimum atomic E-state index is -0.848. The summed E-state index contributed by atoms with van der Waals surface area (Å²) in [6, 6.07) is 88.1. The molecule has 0 aliphatic carbocycles. The SMILES string of the molecule is c1ccc(-c2cccc(N3c4cc(-c5ccccc5)c(-c5ccccc5)cc4N(c4cccc(-c5ccccc5)c4)C3(c3ccccc3)c3ccccc3)c2)cc1. The van der Waals surface area contributed by atoms with E-state index in [-0.39, 0.29) is 0 Å². The van der Waals surface area contributed by atoms with E-state index in [9.17, 15) is 0 Å². The highest BCUT2D eigenvalue weighted by molar-refractivity contribution is 6.00. The Morgan fingerprint density at radius 3 is 0.895 bits per heavy atom. The van der Waals surface area contributed by atoms with Gasteiger partial charge in [0, 0.05) is 22.5 Å². The first-order chi connectivity index (χ1) is 28.3. The van der Waals surface area contributed by atoms with Crippen molar-refractivity contribution in [3.63, 3.8) is 0 Å². The molecule has 0 saturated heterocycles. The normalized spacial score (nSPS) is 13.0. The van der Waals surface area contributed by atoms with Crippen LogP contribution in [0, 0.1) is 0 Å². The van der Waals surface area contributed by atoms with Crippen molar-refractivity contribution < 1.29 is 0 Å². The molecule has 0 amide bonds. The smallest absolute Gasteiger partial charge is 0.175 e. The Kier molecular flexibility index (Phi) is 8.78. The quantitative estimate of drug-likeness (QED) is 0.154. The van der Waals surface area contributed by atoms with Crippen LogP contribution in [0.1, 0.15) is 11.1 Å². The maximum Gasteiger partial charge on any atom is 0.175 e. The summed E-state index contributed by atoms with van der Waals surface area (Å²) in [4.78, 5) is 5.19. The van der Waals surface area contributed by atoms with Crippen molar-refractivity contribution in [2.24, 2.45) is 0 Å². The lowest BCUT2D eigenvalue weighted by atomic mass is 9.87. The van der Waals surface area contributed by atoms with Crippen molar-refractivity contribution in [3.8, 4) is 44.5 Å². The molecule has 2 heteroatoms. The van der Waals surface area contributed by atoms with Crippen molar-refractivity contribution in [1.82, 2.24) is 0 Å². The molecule has 0 spiro atoms. The van der Waals surface area contributed by atoms with Gasteiger partial charge in [-0.25, -0.2) is 0 Å². The Hall–Kier alpha value is -7.42. The molecule has 0 atom stereocenters. The molecule has 57 heavy (non-hydrogen) atoms. The molecule has 0 aromatic heterocycles. The fourth-order valence-electron chi connectivity index (χ4n) is 8.68. The monoisotopic (exact) mass is 728 g/mol. The van der Waals surface area contributed by atoms with Gasteiger partial charge in [0.25, 0.3) is 0 Å². The zero-order valence-corrected chi connectivity index (χ0v) is 31.5. The molecule has 1 aliphatic rings. The summed E-state index contributed by atoms with van der Waals surface area (Å²) in [6.45, 7) is 0. The first-order valence-electron chi connectivity index (χ1n) is 19.6. The minimum absolute atomic E-state index is 0.848. The van der Waals surface area contributed by atoms with Gasteiger partial charge >= 0.3 is 0 Å². The highest BCUT2D eigenvalue weighted by Gasteiger charge is 2.54. The van der Waals surface area contributed by atoms with Crippen molar-refractivity contribution >= 4 is 22.7 Å². The van der Waals surface area contributed by atoms with Crippen LogP contribution >= 0.6 is 0 Å². The van der Waals surface area contributed by atoms with Gasteiger partial charge in [0.05, 0.1) is 11.4 Å². The van der Waals surface area contributed by atoms with Crippen molar-refractivity contribution in [2.45, 2.75) is 5.66 Å². The largest absolute Gasteiger partial charge is 0.308 e. The van der Waals surface area contributed by atoms with Crippen LogP contribution in [-0.2, 0) is 5.66 Å². The number of hydrogen-bond donors (Lipinski definition) is 0. The van der Waals surface area contributed by atoms with E-state index in [1.807, 2.05) is 0 Å². The number of fused-ring (bicyclic) bond motifs is 1. The first kappa shape index (κ1) is 34.1. The van der Waals surface area contributed by atoms with E-state index in [2.05, 4.69) is 252 Å². The molecule has 9 aromatic rings. The lowest BCUT2D eigenvalue weighted by molar-refractivity contribution is 0.560. The van der Waals surface area contributed by atoms with E-state index >= 15 is 0 Å². The number of benzene rings is 9. The van der Waals surface area contributed by atoms with Gasteiger partial charge < -0.3 is 9.80 Å². The van der Waals surface area contributed by atoms with Crippen LogP contribution in [0.5, 0.6) is 0 Å². The van der Waals surface area contributed by atoms with Gasteiger partial charge in [0.1, 0.15) is 0 Å². The molecule has 10 rings (SSSR count). The molecule has 1 aliphatic heterocycles. The average Bonchev–Trinajstić information content (AvgIpc) is 3.61. The average molecular weight is 729 g/mol. The molecule has 9 aromatic carbocycles. The molecule has 0 saturated carbocycles. The number of anilines is 4. The fraction of sp³-hybridized carbons (Fsp3) is 0.0182. The summed E-state index contributed by atoms with van der Waals surface area (Å²) in [5.74, 6) is 0. The van der Waals surface area contributed by atoms with E-state index < -0.39 is 5.66 Å². The summed E-state index contributed by atoms with van der Waals surface area (Å²) in [6.07, 6.45) is 0. The topological polar surface area (TPSA) is 6.48 Å². The summed E-state index contributed by atoms with van der Waals surface area (Å²) in [5.41, 5.74) is 15.3. The van der Waals surface area contributed by atoms with E-state index in [4.69, 9.17) is 0 Å². The third-order valence-electron chi connectivity index (χ3n) is 11.2. The van der Waals surface area contributed by atoms with Gasteiger partial charge in [-0.15, -0.1) is 0 Å². The van der Waals surface area contributed by atoms with E-state index in [0.29, 0.717) is 0 Å². The molecular formula is C55H40N2. The summed E-state index contributed by atoms with van der Waals surface area (Å²) < 4.78 is 0. The molecule has 0 radical (unpaired) electrons. The van der Waals surface area contributed by atoms with Crippen LogP contribution in [0.15, 0.2) is 243 Å². The van der Waals surface area contributed by atoms with Gasteiger partial charge in [0.15, 0.2) is 5.66 Å². The van der Waals surface area contributed by atoms with Crippen molar-refractivity contribution in [1.29, 1.82) is 0 Å². The summed E-state index contributed by atoms with van der Waals surface area (Å²) >= 11 is 0. The fourth-order valence-corrected chi connectivity index (χ4v) is 8.68. The molecule has 1 heterocycles. The van der Waals surface area contributed by atoms with E-state index in [1.165, 1.54) is 44.5 Å². The van der Waals surface area contributed by atoms with Crippen LogP contribution in [0.4, 0.5) is 22.7 Å². The Morgan fingerprint density at radius 1 is 0.246 bits per heavy atom. The maximum atomic E-state index is 2.59. The Morgan fingerprint density at radius 2 is 0.544 bits per heavy atom. The van der Waals surface area contributed by atoms with Crippen LogP contribution in [-0.4, -0.2) is 0 Å². The molecule has 270 valence electrons. The second kappa shape index (κ2) is 14.7. The maximum absolute atomic E-state index is 2.59. The zero-order valence-electron chi connectivity index (χ0n) is 31.5. The van der Waals surface area contributed by atoms with Crippen LogP contribution in [0.25, 0.3) is 44.5 Å². The van der Waals surface area contributed by atoms with Gasteiger partial charge in [-0.2, -0.15) is 0 Å². The van der Waals surface area contributed by atoms with Gasteiger partial charge in [-0.05, 0) is 80.9 Å². The molecule has 0 bridgehead atoms. The van der Waals surface area contributed by atoms with E-state index in [0.717, 1.165) is 33.9 Å². The molecule has 0 fully saturated rings. The zero-order chi connectivity index (χ0) is 38.0. The van der Waals surface area contributed by atoms with Gasteiger partial charge in [-0.1, -0.05) is 206 Å². The molecule has 0 unspecified atom stereocenters. The highest BCUT2D eigenvalue weighted by atomic mass is 15.5. The van der Waals surface area contributed by atoms with Crippen LogP contribution in [0.2, 0.25) is 0 Å². The number of nitrogens with zero attached hydrogens (tertiary/aromatic N) is 2.